The maximum absolute atomic E-state index is 12.4. The highest BCUT2D eigenvalue weighted by molar-refractivity contribution is 5.75. The minimum atomic E-state index is -0.398. The Bertz CT molecular complexity index is 893. The largest absolute Gasteiger partial charge is 0.356 e. The molecule has 2 heterocycles. The van der Waals surface area contributed by atoms with Gasteiger partial charge in [-0.1, -0.05) is 33.1 Å². The standard InChI is InChI=1S/C19H31N5O3/c1-5-7-9-14(6-2)12-20-15(25)10-8-11-24-13-21-17-16(24)18(26)23(4)19(27)22(17)3/h13-14H,5-12H2,1-4H3,(H,20,25). The fourth-order valence-corrected chi connectivity index (χ4v) is 3.27. The topological polar surface area (TPSA) is 90.9 Å². The molecule has 0 bridgehead atoms. The van der Waals surface area contributed by atoms with Crippen LogP contribution in [0.15, 0.2) is 15.9 Å². The summed E-state index contributed by atoms with van der Waals surface area (Å²) in [7, 11) is 3.05. The summed E-state index contributed by atoms with van der Waals surface area (Å²) in [5, 5.41) is 3.02. The summed E-state index contributed by atoms with van der Waals surface area (Å²) in [6.07, 6.45) is 7.15. The summed E-state index contributed by atoms with van der Waals surface area (Å²) in [5.74, 6) is 0.575. The minimum Gasteiger partial charge on any atom is -0.356 e. The first-order chi connectivity index (χ1) is 12.9. The first-order valence-corrected chi connectivity index (χ1v) is 9.78. The van der Waals surface area contributed by atoms with Gasteiger partial charge in [0.05, 0.1) is 6.33 Å². The summed E-state index contributed by atoms with van der Waals surface area (Å²) in [6.45, 7) is 5.57. The van der Waals surface area contributed by atoms with E-state index in [2.05, 4.69) is 24.1 Å². The smallest absolute Gasteiger partial charge is 0.332 e. The van der Waals surface area contributed by atoms with E-state index in [9.17, 15) is 14.4 Å². The van der Waals surface area contributed by atoms with Gasteiger partial charge in [-0.15, -0.1) is 0 Å². The first kappa shape index (κ1) is 20.9. The van der Waals surface area contributed by atoms with E-state index in [1.54, 1.807) is 17.9 Å². The first-order valence-electron chi connectivity index (χ1n) is 9.78. The SMILES string of the molecule is CCCCC(CC)CNC(=O)CCCn1cnc2c1c(=O)n(C)c(=O)n2C. The fraction of sp³-hybridized carbons (Fsp3) is 0.684. The van der Waals surface area contributed by atoms with Crippen molar-refractivity contribution in [2.75, 3.05) is 6.54 Å². The van der Waals surface area contributed by atoms with Crippen LogP contribution in [0.4, 0.5) is 0 Å². The van der Waals surface area contributed by atoms with Crippen LogP contribution in [-0.2, 0) is 25.4 Å². The van der Waals surface area contributed by atoms with E-state index in [1.165, 1.54) is 24.5 Å². The number of rotatable bonds is 10. The van der Waals surface area contributed by atoms with E-state index in [1.807, 2.05) is 0 Å². The molecule has 0 aromatic carbocycles. The molecule has 0 aliphatic rings. The number of hydrogen-bond donors (Lipinski definition) is 1. The number of amides is 1. The van der Waals surface area contributed by atoms with Crippen molar-refractivity contribution >= 4 is 17.1 Å². The molecule has 8 heteroatoms. The number of aryl methyl sites for hydroxylation is 2. The van der Waals surface area contributed by atoms with Gasteiger partial charge in [-0.2, -0.15) is 0 Å². The molecule has 0 radical (unpaired) electrons. The Morgan fingerprint density at radius 3 is 2.59 bits per heavy atom. The molecule has 1 unspecified atom stereocenters. The highest BCUT2D eigenvalue weighted by Gasteiger charge is 2.14. The Kier molecular flexibility index (Phi) is 7.38. The van der Waals surface area contributed by atoms with E-state index >= 15 is 0 Å². The van der Waals surface area contributed by atoms with Crippen LogP contribution >= 0.6 is 0 Å². The molecule has 1 N–H and O–H groups in total. The minimum absolute atomic E-state index is 0.0367. The van der Waals surface area contributed by atoms with Crippen LogP contribution in [0.25, 0.3) is 11.2 Å². The van der Waals surface area contributed by atoms with Crippen LogP contribution < -0.4 is 16.6 Å². The van der Waals surface area contributed by atoms with E-state index < -0.39 is 5.69 Å². The zero-order valence-electron chi connectivity index (χ0n) is 16.8. The van der Waals surface area contributed by atoms with Crippen molar-refractivity contribution in [1.82, 2.24) is 24.0 Å². The van der Waals surface area contributed by atoms with Gasteiger partial charge in [-0.05, 0) is 18.8 Å². The maximum atomic E-state index is 12.4. The van der Waals surface area contributed by atoms with Gasteiger partial charge in [0.1, 0.15) is 0 Å². The number of nitrogens with zero attached hydrogens (tertiary/aromatic N) is 4. The summed E-state index contributed by atoms with van der Waals surface area (Å²) < 4.78 is 4.16. The zero-order chi connectivity index (χ0) is 20.0. The molecule has 0 saturated heterocycles. The fourth-order valence-electron chi connectivity index (χ4n) is 3.27. The average molecular weight is 377 g/mol. The Labute approximate surface area is 159 Å². The van der Waals surface area contributed by atoms with Crippen LogP contribution in [-0.4, -0.2) is 31.1 Å². The van der Waals surface area contributed by atoms with Gasteiger partial charge >= 0.3 is 5.69 Å². The van der Waals surface area contributed by atoms with Crippen molar-refractivity contribution in [3.8, 4) is 0 Å². The number of carbonyl (C=O) groups is 1. The summed E-state index contributed by atoms with van der Waals surface area (Å²) >= 11 is 0. The molecule has 0 fully saturated rings. The Hall–Kier alpha value is -2.38. The lowest BCUT2D eigenvalue weighted by Crippen LogP contribution is -2.37. The third-order valence-electron chi connectivity index (χ3n) is 5.15. The second-order valence-electron chi connectivity index (χ2n) is 7.14. The number of imidazole rings is 1. The van der Waals surface area contributed by atoms with E-state index in [-0.39, 0.29) is 11.5 Å². The highest BCUT2D eigenvalue weighted by Crippen LogP contribution is 2.11. The molecule has 0 spiro atoms. The Balaban J connectivity index is 1.93. The van der Waals surface area contributed by atoms with Gasteiger partial charge in [-0.25, -0.2) is 9.78 Å². The molecule has 0 aliphatic carbocycles. The molecular weight excluding hydrogens is 346 g/mol. The lowest BCUT2D eigenvalue weighted by Gasteiger charge is -2.15. The second-order valence-corrected chi connectivity index (χ2v) is 7.14. The number of aromatic nitrogens is 4. The molecule has 2 aromatic heterocycles. The third-order valence-corrected chi connectivity index (χ3v) is 5.15. The van der Waals surface area contributed by atoms with Crippen molar-refractivity contribution in [2.45, 2.75) is 58.9 Å². The quantitative estimate of drug-likeness (QED) is 0.680. The molecule has 27 heavy (non-hydrogen) atoms. The molecule has 0 aliphatic heterocycles. The summed E-state index contributed by atoms with van der Waals surface area (Å²) in [4.78, 5) is 40.6. The predicted molar refractivity (Wildman–Crippen MR) is 106 cm³/mol. The van der Waals surface area contributed by atoms with Crippen molar-refractivity contribution in [3.05, 3.63) is 27.2 Å². The summed E-state index contributed by atoms with van der Waals surface area (Å²) in [6, 6.07) is 0. The Morgan fingerprint density at radius 2 is 1.93 bits per heavy atom. The van der Waals surface area contributed by atoms with Crippen molar-refractivity contribution in [3.63, 3.8) is 0 Å². The molecule has 8 nitrogen and oxygen atoms in total. The Morgan fingerprint density at radius 1 is 1.19 bits per heavy atom. The van der Waals surface area contributed by atoms with Crippen LogP contribution in [0, 0.1) is 5.92 Å². The van der Waals surface area contributed by atoms with Gasteiger partial charge in [0, 0.05) is 33.6 Å². The lowest BCUT2D eigenvalue weighted by atomic mass is 9.99. The van der Waals surface area contributed by atoms with Crippen molar-refractivity contribution < 1.29 is 4.79 Å². The van der Waals surface area contributed by atoms with Gasteiger partial charge in [0.15, 0.2) is 11.2 Å². The second kappa shape index (κ2) is 9.53. The molecule has 1 amide bonds. The highest BCUT2D eigenvalue weighted by atomic mass is 16.2. The molecule has 1 atom stereocenters. The number of nitrogens with one attached hydrogen (secondary N) is 1. The van der Waals surface area contributed by atoms with Gasteiger partial charge in [-0.3, -0.25) is 18.7 Å². The van der Waals surface area contributed by atoms with Crippen LogP contribution in [0.5, 0.6) is 0 Å². The number of hydrogen-bond acceptors (Lipinski definition) is 4. The van der Waals surface area contributed by atoms with E-state index in [0.29, 0.717) is 36.5 Å². The normalized spacial score (nSPS) is 12.4. The van der Waals surface area contributed by atoms with Crippen molar-refractivity contribution in [2.24, 2.45) is 20.0 Å². The molecule has 2 aromatic rings. The third kappa shape index (κ3) is 4.87. The molecule has 0 saturated carbocycles. The van der Waals surface area contributed by atoms with Gasteiger partial charge in [0.2, 0.25) is 5.91 Å². The number of fused-ring (bicyclic) bond motifs is 1. The predicted octanol–water partition coefficient (Wildman–Crippen LogP) is 1.55. The van der Waals surface area contributed by atoms with Crippen LogP contribution in [0.2, 0.25) is 0 Å². The number of carbonyl (C=O) groups excluding carboxylic acids is 1. The van der Waals surface area contributed by atoms with Crippen LogP contribution in [0.1, 0.15) is 52.4 Å². The van der Waals surface area contributed by atoms with Gasteiger partial charge in [0.25, 0.3) is 5.56 Å². The molecule has 150 valence electrons. The van der Waals surface area contributed by atoms with Gasteiger partial charge < -0.3 is 9.88 Å². The lowest BCUT2D eigenvalue weighted by molar-refractivity contribution is -0.121. The molecular formula is C19H31N5O3. The summed E-state index contributed by atoms with van der Waals surface area (Å²) in [5.41, 5.74) is 0.00215. The van der Waals surface area contributed by atoms with Crippen LogP contribution in [0.3, 0.4) is 0 Å². The van der Waals surface area contributed by atoms with E-state index in [4.69, 9.17) is 0 Å². The monoisotopic (exact) mass is 377 g/mol. The van der Waals surface area contributed by atoms with E-state index in [0.717, 1.165) is 24.0 Å². The maximum Gasteiger partial charge on any atom is 0.332 e. The number of unbranched alkanes of at least 4 members (excludes halogenated alkanes) is 1. The van der Waals surface area contributed by atoms with Crippen molar-refractivity contribution in [1.29, 1.82) is 0 Å². The molecule has 2 rings (SSSR count). The zero-order valence-corrected chi connectivity index (χ0v) is 16.8. The average Bonchev–Trinajstić information content (AvgIpc) is 3.09.